The number of nitrogens with one attached hydrogen (secondary N) is 2. The van der Waals surface area contributed by atoms with E-state index < -0.39 is 6.43 Å². The standard InChI is InChI=1S/C35H45F2N7O3/c36-32(37)33-40-27-3-1-2-4-28(27)44(33)29-16-31(42-34(41-29)43-9-11-46-12-10-43)47-21-22-5-7-26(8-6-22)39-30(45)20-38-35-17-23-13-24(18-35)15-25(14-23)19-35/h1-4,16,22-26,32,38H,5-15,17-21H2,(H,39,45). The lowest BCUT2D eigenvalue weighted by molar-refractivity contribution is -0.122. The summed E-state index contributed by atoms with van der Waals surface area (Å²) in [4.78, 5) is 28.6. The van der Waals surface area contributed by atoms with Crippen molar-refractivity contribution in [1.82, 2.24) is 30.2 Å². The Balaban J connectivity index is 0.895. The van der Waals surface area contributed by atoms with Crippen LogP contribution in [-0.2, 0) is 9.53 Å². The van der Waals surface area contributed by atoms with Gasteiger partial charge in [0.05, 0.1) is 37.4 Å². The van der Waals surface area contributed by atoms with Gasteiger partial charge in [0.1, 0.15) is 5.82 Å². The Morgan fingerprint density at radius 3 is 2.38 bits per heavy atom. The number of imidazole rings is 1. The first-order valence-electron chi connectivity index (χ1n) is 17.5. The van der Waals surface area contributed by atoms with E-state index in [1.807, 2.05) is 4.90 Å². The number of benzene rings is 1. The van der Waals surface area contributed by atoms with Gasteiger partial charge in [-0.25, -0.2) is 13.8 Å². The summed E-state index contributed by atoms with van der Waals surface area (Å²) < 4.78 is 41.6. The van der Waals surface area contributed by atoms with Gasteiger partial charge in [-0.1, -0.05) is 12.1 Å². The van der Waals surface area contributed by atoms with Gasteiger partial charge < -0.3 is 25.0 Å². The topological polar surface area (TPSA) is 106 Å². The monoisotopic (exact) mass is 649 g/mol. The summed E-state index contributed by atoms with van der Waals surface area (Å²) in [5.41, 5.74) is 1.22. The van der Waals surface area contributed by atoms with Crippen LogP contribution in [0.25, 0.3) is 16.9 Å². The summed E-state index contributed by atoms with van der Waals surface area (Å²) in [7, 11) is 0. The molecule has 4 bridgehead atoms. The highest BCUT2D eigenvalue weighted by atomic mass is 19.3. The van der Waals surface area contributed by atoms with Gasteiger partial charge in [-0.2, -0.15) is 9.97 Å². The van der Waals surface area contributed by atoms with Crippen LogP contribution in [0.3, 0.4) is 0 Å². The number of nitrogens with zero attached hydrogens (tertiary/aromatic N) is 5. The number of alkyl halides is 2. The average Bonchev–Trinajstić information content (AvgIpc) is 3.47. The van der Waals surface area contributed by atoms with E-state index in [0.717, 1.165) is 43.4 Å². The molecule has 0 atom stereocenters. The molecule has 3 heterocycles. The van der Waals surface area contributed by atoms with Crippen molar-refractivity contribution in [2.24, 2.45) is 23.7 Å². The fraction of sp³-hybridized carbons (Fsp3) is 0.657. The van der Waals surface area contributed by atoms with Crippen molar-refractivity contribution in [2.45, 2.75) is 82.2 Å². The molecule has 12 heteroatoms. The first-order valence-corrected chi connectivity index (χ1v) is 17.5. The molecule has 6 fully saturated rings. The van der Waals surface area contributed by atoms with Crippen LogP contribution in [0.15, 0.2) is 30.3 Å². The maximum Gasteiger partial charge on any atom is 0.296 e. The zero-order chi connectivity index (χ0) is 32.0. The Kier molecular flexibility index (Phi) is 8.49. The van der Waals surface area contributed by atoms with E-state index in [1.165, 1.54) is 43.1 Å². The number of fused-ring (bicyclic) bond motifs is 1. The number of hydrogen-bond donors (Lipinski definition) is 2. The normalized spacial score (nSPS) is 30.3. The number of carbonyl (C=O) groups is 1. The van der Waals surface area contributed by atoms with E-state index in [1.54, 1.807) is 30.3 Å². The third kappa shape index (κ3) is 6.55. The van der Waals surface area contributed by atoms with Crippen LogP contribution in [0.5, 0.6) is 5.88 Å². The highest BCUT2D eigenvalue weighted by Gasteiger charge is 2.50. The molecule has 1 aromatic carbocycles. The number of anilines is 1. The highest BCUT2D eigenvalue weighted by molar-refractivity contribution is 5.79. The fourth-order valence-electron chi connectivity index (χ4n) is 9.48. The van der Waals surface area contributed by atoms with Crippen LogP contribution in [-0.4, -0.2) is 76.5 Å². The Morgan fingerprint density at radius 2 is 1.68 bits per heavy atom. The van der Waals surface area contributed by atoms with Gasteiger partial charge in [0.2, 0.25) is 17.7 Å². The molecule has 0 unspecified atom stereocenters. The maximum atomic E-state index is 14.2. The number of morpholine rings is 1. The minimum Gasteiger partial charge on any atom is -0.477 e. The fourth-order valence-corrected chi connectivity index (χ4v) is 9.48. The highest BCUT2D eigenvalue weighted by Crippen LogP contribution is 2.55. The number of aromatic nitrogens is 4. The number of hydrogen-bond acceptors (Lipinski definition) is 8. The van der Waals surface area contributed by atoms with Gasteiger partial charge in [0.15, 0.2) is 5.82 Å². The van der Waals surface area contributed by atoms with Crippen LogP contribution in [0.2, 0.25) is 0 Å². The Hall–Kier alpha value is -3.38. The number of carbonyl (C=O) groups excluding carboxylic acids is 1. The lowest BCUT2D eigenvalue weighted by Crippen LogP contribution is -2.60. The van der Waals surface area contributed by atoms with Crippen LogP contribution in [0, 0.1) is 23.7 Å². The molecule has 0 spiro atoms. The summed E-state index contributed by atoms with van der Waals surface area (Å²) in [6.07, 6.45) is 8.82. The van der Waals surface area contributed by atoms with Crippen molar-refractivity contribution >= 4 is 22.9 Å². The SMILES string of the molecule is O=C(CNC12CC3CC(CC(C3)C1)C2)NC1CCC(COc2cc(-n3c(C(F)F)nc4ccccc43)nc(N3CCOCC3)n2)CC1. The minimum atomic E-state index is -2.78. The largest absolute Gasteiger partial charge is 0.477 e. The molecule has 9 rings (SSSR count). The third-order valence-corrected chi connectivity index (χ3v) is 11.3. The van der Waals surface area contributed by atoms with E-state index in [-0.39, 0.29) is 23.3 Å². The van der Waals surface area contributed by atoms with Crippen molar-refractivity contribution in [3.05, 3.63) is 36.2 Å². The molecular weight excluding hydrogens is 604 g/mol. The van der Waals surface area contributed by atoms with Gasteiger partial charge in [0, 0.05) is 30.7 Å². The third-order valence-electron chi connectivity index (χ3n) is 11.3. The van der Waals surface area contributed by atoms with Gasteiger partial charge in [-0.15, -0.1) is 0 Å². The second-order valence-corrected chi connectivity index (χ2v) is 14.7. The first kappa shape index (κ1) is 30.9. The summed E-state index contributed by atoms with van der Waals surface area (Å²) in [6.45, 7) is 3.15. The lowest BCUT2D eigenvalue weighted by atomic mass is 9.53. The second kappa shape index (κ2) is 12.9. The number of para-hydroxylation sites is 2. The molecule has 2 aromatic heterocycles. The van der Waals surface area contributed by atoms with Crippen LogP contribution in [0.4, 0.5) is 14.7 Å². The quantitative estimate of drug-likeness (QED) is 0.309. The predicted octanol–water partition coefficient (Wildman–Crippen LogP) is 5.20. The number of rotatable bonds is 10. The number of amides is 1. The Morgan fingerprint density at radius 1 is 0.979 bits per heavy atom. The Bertz CT molecular complexity index is 1550. The predicted molar refractivity (Wildman–Crippen MR) is 173 cm³/mol. The molecule has 1 aliphatic heterocycles. The minimum absolute atomic E-state index is 0.111. The summed E-state index contributed by atoms with van der Waals surface area (Å²) in [5.74, 6) is 3.70. The zero-order valence-electron chi connectivity index (χ0n) is 26.9. The van der Waals surface area contributed by atoms with Crippen molar-refractivity contribution in [3.63, 3.8) is 0 Å². The van der Waals surface area contributed by atoms with E-state index in [4.69, 9.17) is 19.4 Å². The van der Waals surface area contributed by atoms with Gasteiger partial charge in [-0.3, -0.25) is 9.36 Å². The Labute approximate surface area is 274 Å². The zero-order valence-corrected chi connectivity index (χ0v) is 26.9. The van der Waals surface area contributed by atoms with Crippen molar-refractivity contribution in [1.29, 1.82) is 0 Å². The number of ether oxygens (including phenoxy) is 2. The lowest BCUT2D eigenvalue weighted by Gasteiger charge is -2.57. The van der Waals surface area contributed by atoms with Crippen LogP contribution < -0.4 is 20.3 Å². The molecule has 1 saturated heterocycles. The van der Waals surface area contributed by atoms with Crippen LogP contribution in [0.1, 0.15) is 76.5 Å². The molecule has 1 amide bonds. The number of halogens is 2. The first-order chi connectivity index (χ1) is 22.9. The van der Waals surface area contributed by atoms with Crippen molar-refractivity contribution in [2.75, 3.05) is 44.4 Å². The molecule has 252 valence electrons. The van der Waals surface area contributed by atoms with E-state index in [9.17, 15) is 13.6 Å². The van der Waals surface area contributed by atoms with E-state index >= 15 is 0 Å². The average molecular weight is 650 g/mol. The molecule has 47 heavy (non-hydrogen) atoms. The summed E-state index contributed by atoms with van der Waals surface area (Å²) in [6, 6.07) is 8.88. The van der Waals surface area contributed by atoms with E-state index in [0.29, 0.717) is 74.1 Å². The molecule has 6 aliphatic rings. The van der Waals surface area contributed by atoms with Gasteiger partial charge in [0.25, 0.3) is 6.43 Å². The van der Waals surface area contributed by atoms with Crippen LogP contribution >= 0.6 is 0 Å². The summed E-state index contributed by atoms with van der Waals surface area (Å²) in [5, 5.41) is 7.02. The molecule has 2 N–H and O–H groups in total. The molecular formula is C35H45F2N7O3. The van der Waals surface area contributed by atoms with Crippen molar-refractivity contribution in [3.8, 4) is 11.7 Å². The van der Waals surface area contributed by atoms with E-state index in [2.05, 4.69) is 15.6 Å². The smallest absolute Gasteiger partial charge is 0.296 e. The molecule has 10 nitrogen and oxygen atoms in total. The molecule has 3 aromatic rings. The molecule has 5 aliphatic carbocycles. The molecule has 5 saturated carbocycles. The van der Waals surface area contributed by atoms with Gasteiger partial charge >= 0.3 is 0 Å². The summed E-state index contributed by atoms with van der Waals surface area (Å²) >= 11 is 0. The molecule has 0 radical (unpaired) electrons. The maximum absolute atomic E-state index is 14.2. The van der Waals surface area contributed by atoms with Gasteiger partial charge in [-0.05, 0) is 100 Å². The van der Waals surface area contributed by atoms with Crippen molar-refractivity contribution < 1.29 is 23.0 Å². The second-order valence-electron chi connectivity index (χ2n) is 14.7.